The molecule has 0 spiro atoms. The maximum absolute atomic E-state index is 13.2. The highest BCUT2D eigenvalue weighted by atomic mass is 32.2. The molecule has 1 aliphatic heterocycles. The molecule has 10 heteroatoms. The fourth-order valence-electron chi connectivity index (χ4n) is 3.23. The van der Waals surface area contributed by atoms with Gasteiger partial charge in [-0.25, -0.2) is 8.42 Å². The number of non-ortho nitro benzene ring substituents is 1. The van der Waals surface area contributed by atoms with Crippen LogP contribution in [0, 0.1) is 10.1 Å². The van der Waals surface area contributed by atoms with Crippen LogP contribution in [0.1, 0.15) is 5.56 Å². The Balaban J connectivity index is 1.92. The third-order valence-corrected chi connectivity index (χ3v) is 6.61. The maximum Gasteiger partial charge on any atom is 0.271 e. The third-order valence-electron chi connectivity index (χ3n) is 4.78. The number of nitrogens with zero attached hydrogens (tertiary/aromatic N) is 3. The quantitative estimate of drug-likeness (QED) is 0.499. The predicted octanol–water partition coefficient (Wildman–Crippen LogP) is 2.26. The van der Waals surface area contributed by atoms with Gasteiger partial charge in [0, 0.05) is 44.5 Å². The van der Waals surface area contributed by atoms with Crippen molar-refractivity contribution in [3.05, 3.63) is 58.1 Å². The van der Waals surface area contributed by atoms with Gasteiger partial charge < -0.3 is 14.4 Å². The lowest BCUT2D eigenvalue weighted by molar-refractivity contribution is -0.385. The van der Waals surface area contributed by atoms with Crippen LogP contribution >= 0.6 is 0 Å². The molecule has 0 bridgehead atoms. The average Bonchev–Trinajstić information content (AvgIpc) is 2.74. The van der Waals surface area contributed by atoms with Crippen molar-refractivity contribution in [3.63, 3.8) is 0 Å². The van der Waals surface area contributed by atoms with E-state index in [-0.39, 0.29) is 22.9 Å². The summed E-state index contributed by atoms with van der Waals surface area (Å²) < 4.78 is 38.0. The van der Waals surface area contributed by atoms with Gasteiger partial charge in [-0.2, -0.15) is 4.31 Å². The molecule has 0 radical (unpaired) electrons. The van der Waals surface area contributed by atoms with Crippen molar-refractivity contribution >= 4 is 21.4 Å². The number of nitro groups is 1. The van der Waals surface area contributed by atoms with E-state index < -0.39 is 14.9 Å². The average molecular weight is 421 g/mol. The summed E-state index contributed by atoms with van der Waals surface area (Å²) in [6.45, 7) is 2.81. The van der Waals surface area contributed by atoms with Crippen LogP contribution in [0.4, 0.5) is 11.4 Å². The third kappa shape index (κ3) is 4.50. The molecule has 1 fully saturated rings. The first-order valence-corrected chi connectivity index (χ1v) is 10.5. The Kier molecular flexibility index (Phi) is 6.36. The van der Waals surface area contributed by atoms with Crippen LogP contribution < -0.4 is 9.64 Å². The molecule has 0 unspecified atom stereocenters. The van der Waals surface area contributed by atoms with Crippen LogP contribution in [-0.4, -0.2) is 58.1 Å². The number of methoxy groups -OCH3 is 1. The molecule has 156 valence electrons. The molecule has 0 aromatic heterocycles. The zero-order valence-electron chi connectivity index (χ0n) is 16.3. The molecular formula is C19H23N3O6S. The Hall–Kier alpha value is -2.69. The topological polar surface area (TPSA) is 102 Å². The predicted molar refractivity (Wildman–Crippen MR) is 108 cm³/mol. The van der Waals surface area contributed by atoms with Crippen molar-refractivity contribution in [1.82, 2.24) is 4.31 Å². The summed E-state index contributed by atoms with van der Waals surface area (Å²) >= 11 is 0. The molecule has 0 N–H and O–H groups in total. The number of ether oxygens (including phenoxy) is 2. The van der Waals surface area contributed by atoms with Crippen LogP contribution in [0.15, 0.2) is 47.4 Å². The van der Waals surface area contributed by atoms with Gasteiger partial charge in [0.05, 0.1) is 25.2 Å². The van der Waals surface area contributed by atoms with E-state index in [9.17, 15) is 18.5 Å². The summed E-state index contributed by atoms with van der Waals surface area (Å²) in [6, 6.07) is 11.1. The lowest BCUT2D eigenvalue weighted by Crippen LogP contribution is -2.37. The lowest BCUT2D eigenvalue weighted by atomic mass is 10.1. The molecule has 2 aromatic rings. The first-order chi connectivity index (χ1) is 13.8. The Labute approximate surface area is 169 Å². The summed E-state index contributed by atoms with van der Waals surface area (Å²) in [5.41, 5.74) is 1.47. The number of sulfonamides is 1. The molecule has 2 aromatic carbocycles. The molecule has 0 saturated carbocycles. The molecule has 0 atom stereocenters. The Morgan fingerprint density at radius 2 is 1.90 bits per heavy atom. The number of nitro benzene ring substituents is 1. The van der Waals surface area contributed by atoms with Crippen molar-refractivity contribution in [2.45, 2.75) is 11.4 Å². The summed E-state index contributed by atoms with van der Waals surface area (Å²) in [4.78, 5) is 12.4. The highest BCUT2D eigenvalue weighted by molar-refractivity contribution is 7.89. The van der Waals surface area contributed by atoms with Crippen molar-refractivity contribution in [2.75, 3.05) is 45.4 Å². The van der Waals surface area contributed by atoms with Crippen molar-refractivity contribution in [2.24, 2.45) is 0 Å². The van der Waals surface area contributed by atoms with E-state index in [4.69, 9.17) is 9.47 Å². The van der Waals surface area contributed by atoms with E-state index in [0.29, 0.717) is 13.2 Å². The molecular weight excluding hydrogens is 398 g/mol. The molecule has 29 heavy (non-hydrogen) atoms. The van der Waals surface area contributed by atoms with Crippen LogP contribution in [0.5, 0.6) is 5.75 Å². The number of benzene rings is 2. The fourth-order valence-corrected chi connectivity index (χ4v) is 4.55. The van der Waals surface area contributed by atoms with Crippen molar-refractivity contribution in [1.29, 1.82) is 0 Å². The number of hydrogen-bond donors (Lipinski definition) is 0. The molecule has 1 saturated heterocycles. The number of rotatable bonds is 7. The normalized spacial score (nSPS) is 14.8. The number of anilines is 1. The monoisotopic (exact) mass is 421 g/mol. The van der Waals surface area contributed by atoms with Gasteiger partial charge in [0.1, 0.15) is 10.6 Å². The Morgan fingerprint density at radius 1 is 1.21 bits per heavy atom. The second-order valence-electron chi connectivity index (χ2n) is 6.58. The van der Waals surface area contributed by atoms with Gasteiger partial charge in [0.25, 0.3) is 5.69 Å². The second-order valence-corrected chi connectivity index (χ2v) is 8.59. The minimum Gasteiger partial charge on any atom is -0.495 e. The highest BCUT2D eigenvalue weighted by Crippen LogP contribution is 2.31. The zero-order chi connectivity index (χ0) is 21.0. The largest absolute Gasteiger partial charge is 0.495 e. The lowest BCUT2D eigenvalue weighted by Gasteiger charge is -2.31. The smallest absolute Gasteiger partial charge is 0.271 e. The number of hydrogen-bond acceptors (Lipinski definition) is 7. The highest BCUT2D eigenvalue weighted by Gasteiger charge is 2.28. The van der Waals surface area contributed by atoms with E-state index in [1.54, 1.807) is 0 Å². The van der Waals surface area contributed by atoms with Gasteiger partial charge in [-0.1, -0.05) is 18.2 Å². The van der Waals surface area contributed by atoms with Gasteiger partial charge >= 0.3 is 0 Å². The molecule has 3 rings (SSSR count). The van der Waals surface area contributed by atoms with Gasteiger partial charge in [-0.05, 0) is 17.7 Å². The van der Waals surface area contributed by atoms with Gasteiger partial charge in [0.15, 0.2) is 0 Å². The molecule has 9 nitrogen and oxygen atoms in total. The van der Waals surface area contributed by atoms with Crippen LogP contribution in [0.3, 0.4) is 0 Å². The summed E-state index contributed by atoms with van der Waals surface area (Å²) in [5, 5.41) is 11.1. The maximum atomic E-state index is 13.2. The number of morpholine rings is 1. The minimum absolute atomic E-state index is 0.0592. The SMILES string of the molecule is COc1ccc([N+](=O)[O-])cc1S(=O)(=O)N(C)Cc1ccccc1N1CCOCC1. The summed E-state index contributed by atoms with van der Waals surface area (Å²) in [6.07, 6.45) is 0. The van der Waals surface area contributed by atoms with Crippen LogP contribution in [0.2, 0.25) is 0 Å². The standard InChI is InChI=1S/C19H23N3O6S/c1-20(14-15-5-3-4-6-17(15)21-9-11-28-12-10-21)29(25,26)19-13-16(22(23)24)7-8-18(19)27-2/h3-8,13H,9-12,14H2,1-2H3. The molecule has 1 heterocycles. The number of para-hydroxylation sites is 1. The molecule has 1 aliphatic rings. The van der Waals surface area contributed by atoms with Crippen LogP contribution in [0.25, 0.3) is 0 Å². The van der Waals surface area contributed by atoms with Crippen molar-refractivity contribution in [3.8, 4) is 5.75 Å². The van der Waals surface area contributed by atoms with Crippen molar-refractivity contribution < 1.29 is 22.8 Å². The molecule has 0 amide bonds. The fraction of sp³-hybridized carbons (Fsp3) is 0.368. The minimum atomic E-state index is -4.02. The second kappa shape index (κ2) is 8.76. The summed E-state index contributed by atoms with van der Waals surface area (Å²) in [5.74, 6) is 0.0592. The Bertz CT molecular complexity index is 989. The first kappa shape index (κ1) is 21.0. The van der Waals surface area contributed by atoms with E-state index in [0.717, 1.165) is 30.4 Å². The van der Waals surface area contributed by atoms with E-state index in [2.05, 4.69) is 4.90 Å². The van der Waals surface area contributed by atoms with Gasteiger partial charge in [-0.15, -0.1) is 0 Å². The van der Waals surface area contributed by atoms with Crippen LogP contribution in [-0.2, 0) is 21.3 Å². The van der Waals surface area contributed by atoms with Gasteiger partial charge in [0.2, 0.25) is 10.0 Å². The van der Waals surface area contributed by atoms with E-state index >= 15 is 0 Å². The summed E-state index contributed by atoms with van der Waals surface area (Å²) in [7, 11) is -1.25. The Morgan fingerprint density at radius 3 is 2.55 bits per heavy atom. The van der Waals surface area contributed by atoms with Gasteiger partial charge in [-0.3, -0.25) is 10.1 Å². The first-order valence-electron chi connectivity index (χ1n) is 9.04. The van der Waals surface area contributed by atoms with E-state index in [1.807, 2.05) is 24.3 Å². The van der Waals surface area contributed by atoms with E-state index in [1.165, 1.54) is 30.6 Å². The molecule has 0 aliphatic carbocycles. The zero-order valence-corrected chi connectivity index (χ0v) is 17.1.